The van der Waals surface area contributed by atoms with Crippen molar-refractivity contribution in [2.24, 2.45) is 0 Å². The molecule has 1 spiro atoms. The standard InChI is InChI=1S/C5H7ClO2/c6-2-1-4-5(8-4)3-7-5/h4H,1-3H2. The summed E-state index contributed by atoms with van der Waals surface area (Å²) in [4.78, 5) is 0. The average molecular weight is 135 g/mol. The maximum absolute atomic E-state index is 5.46. The summed E-state index contributed by atoms with van der Waals surface area (Å²) in [7, 11) is 0. The summed E-state index contributed by atoms with van der Waals surface area (Å²) in [5, 5.41) is 0. The fourth-order valence-corrected chi connectivity index (χ4v) is 1.11. The van der Waals surface area contributed by atoms with Crippen LogP contribution in [0.2, 0.25) is 0 Å². The second kappa shape index (κ2) is 1.38. The summed E-state index contributed by atoms with van der Waals surface area (Å²) in [6, 6.07) is 0. The lowest BCUT2D eigenvalue weighted by atomic mass is 10.3. The Balaban J connectivity index is 1.80. The average Bonchev–Trinajstić information content (AvgIpc) is 2.57. The molecule has 2 rings (SSSR count). The molecule has 2 unspecified atom stereocenters. The van der Waals surface area contributed by atoms with Gasteiger partial charge in [-0.1, -0.05) is 0 Å². The first-order chi connectivity index (χ1) is 3.87. The van der Waals surface area contributed by atoms with Gasteiger partial charge in [0, 0.05) is 5.88 Å². The molecule has 0 N–H and O–H groups in total. The molecule has 46 valence electrons. The number of ether oxygens (including phenoxy) is 2. The van der Waals surface area contributed by atoms with E-state index in [2.05, 4.69) is 0 Å². The molecular formula is C5H7ClO2. The van der Waals surface area contributed by atoms with Crippen molar-refractivity contribution in [3.63, 3.8) is 0 Å². The second-order valence-corrected chi connectivity index (χ2v) is 2.56. The van der Waals surface area contributed by atoms with Gasteiger partial charge in [-0.25, -0.2) is 0 Å². The van der Waals surface area contributed by atoms with Crippen LogP contribution in [0.4, 0.5) is 0 Å². The Labute approximate surface area is 52.7 Å². The van der Waals surface area contributed by atoms with Gasteiger partial charge in [0.2, 0.25) is 5.79 Å². The van der Waals surface area contributed by atoms with Gasteiger partial charge in [0.25, 0.3) is 0 Å². The van der Waals surface area contributed by atoms with E-state index < -0.39 is 0 Å². The Morgan fingerprint density at radius 2 is 2.50 bits per heavy atom. The summed E-state index contributed by atoms with van der Waals surface area (Å²) in [6.07, 6.45) is 1.25. The minimum atomic E-state index is -0.116. The van der Waals surface area contributed by atoms with Crippen LogP contribution in [0.25, 0.3) is 0 Å². The highest BCUT2D eigenvalue weighted by Crippen LogP contribution is 2.50. The van der Waals surface area contributed by atoms with Crippen LogP contribution in [-0.2, 0) is 9.47 Å². The topological polar surface area (TPSA) is 25.1 Å². The summed E-state index contributed by atoms with van der Waals surface area (Å²) in [5.41, 5.74) is 0. The fourth-order valence-electron chi connectivity index (χ4n) is 0.910. The summed E-state index contributed by atoms with van der Waals surface area (Å²) in [5.74, 6) is 0.560. The molecule has 2 fully saturated rings. The highest BCUT2D eigenvalue weighted by molar-refractivity contribution is 6.17. The zero-order chi connectivity index (χ0) is 5.61. The van der Waals surface area contributed by atoms with E-state index in [0.717, 1.165) is 13.0 Å². The Kier molecular flexibility index (Phi) is 0.866. The van der Waals surface area contributed by atoms with E-state index in [1.54, 1.807) is 0 Å². The monoisotopic (exact) mass is 134 g/mol. The van der Waals surface area contributed by atoms with Gasteiger partial charge >= 0.3 is 0 Å². The van der Waals surface area contributed by atoms with Crippen LogP contribution in [0, 0.1) is 0 Å². The van der Waals surface area contributed by atoms with Crippen LogP contribution >= 0.6 is 11.6 Å². The third-order valence-electron chi connectivity index (χ3n) is 1.58. The molecule has 2 heterocycles. The molecule has 0 aromatic carbocycles. The van der Waals surface area contributed by atoms with Gasteiger partial charge < -0.3 is 9.47 Å². The van der Waals surface area contributed by atoms with Gasteiger partial charge in [0.15, 0.2) is 0 Å². The molecule has 0 radical (unpaired) electrons. The number of rotatable bonds is 2. The first kappa shape index (κ1) is 5.03. The third-order valence-corrected chi connectivity index (χ3v) is 1.79. The number of hydrogen-bond acceptors (Lipinski definition) is 2. The van der Waals surface area contributed by atoms with Crippen molar-refractivity contribution in [3.8, 4) is 0 Å². The van der Waals surface area contributed by atoms with Crippen LogP contribution < -0.4 is 0 Å². The van der Waals surface area contributed by atoms with Gasteiger partial charge in [0.1, 0.15) is 12.7 Å². The first-order valence-electron chi connectivity index (χ1n) is 2.75. The lowest BCUT2D eigenvalue weighted by molar-refractivity contribution is 0.251. The number of epoxide rings is 2. The molecule has 2 aliphatic heterocycles. The molecular weight excluding hydrogens is 128 g/mol. The zero-order valence-electron chi connectivity index (χ0n) is 4.39. The Hall–Kier alpha value is 0.210. The summed E-state index contributed by atoms with van der Waals surface area (Å²) in [6.45, 7) is 0.786. The Bertz CT molecular complexity index is 111. The van der Waals surface area contributed by atoms with Gasteiger partial charge in [-0.3, -0.25) is 0 Å². The van der Waals surface area contributed by atoms with Crippen molar-refractivity contribution in [3.05, 3.63) is 0 Å². The predicted octanol–water partition coefficient (Wildman–Crippen LogP) is 0.741. The van der Waals surface area contributed by atoms with Crippen molar-refractivity contribution in [2.75, 3.05) is 12.5 Å². The van der Waals surface area contributed by atoms with E-state index >= 15 is 0 Å². The van der Waals surface area contributed by atoms with Gasteiger partial charge in [-0.2, -0.15) is 0 Å². The lowest BCUT2D eigenvalue weighted by Gasteiger charge is -1.79. The van der Waals surface area contributed by atoms with Crippen LogP contribution in [0.1, 0.15) is 6.42 Å². The molecule has 0 amide bonds. The van der Waals surface area contributed by atoms with Gasteiger partial charge in [-0.15, -0.1) is 11.6 Å². The van der Waals surface area contributed by atoms with Crippen LogP contribution in [0.3, 0.4) is 0 Å². The normalized spacial score (nSPS) is 49.9. The van der Waals surface area contributed by atoms with E-state index in [-0.39, 0.29) is 5.79 Å². The number of hydrogen-bond donors (Lipinski definition) is 0. The molecule has 0 aromatic heterocycles. The molecule has 2 atom stereocenters. The predicted molar refractivity (Wildman–Crippen MR) is 28.9 cm³/mol. The summed E-state index contributed by atoms with van der Waals surface area (Å²) >= 11 is 5.46. The molecule has 0 saturated carbocycles. The lowest BCUT2D eigenvalue weighted by Crippen LogP contribution is -1.94. The van der Waals surface area contributed by atoms with Gasteiger partial charge in [-0.05, 0) is 6.42 Å². The molecule has 2 saturated heterocycles. The minimum Gasteiger partial charge on any atom is -0.340 e. The van der Waals surface area contributed by atoms with Crippen LogP contribution in [0.5, 0.6) is 0 Å². The highest BCUT2D eigenvalue weighted by Gasteiger charge is 2.68. The van der Waals surface area contributed by atoms with Crippen molar-refractivity contribution >= 4 is 11.6 Å². The summed E-state index contributed by atoms with van der Waals surface area (Å²) < 4.78 is 10.1. The van der Waals surface area contributed by atoms with Crippen molar-refractivity contribution < 1.29 is 9.47 Å². The highest BCUT2D eigenvalue weighted by atomic mass is 35.5. The van der Waals surface area contributed by atoms with Crippen molar-refractivity contribution in [1.82, 2.24) is 0 Å². The molecule has 2 nitrogen and oxygen atoms in total. The Morgan fingerprint density at radius 3 is 2.88 bits per heavy atom. The molecule has 3 heteroatoms. The van der Waals surface area contributed by atoms with Crippen molar-refractivity contribution in [2.45, 2.75) is 18.3 Å². The molecule has 0 aliphatic carbocycles. The van der Waals surface area contributed by atoms with Crippen LogP contribution in [0.15, 0.2) is 0 Å². The third kappa shape index (κ3) is 0.569. The first-order valence-corrected chi connectivity index (χ1v) is 3.28. The Morgan fingerprint density at radius 1 is 1.75 bits per heavy atom. The van der Waals surface area contributed by atoms with Crippen molar-refractivity contribution in [1.29, 1.82) is 0 Å². The number of alkyl halides is 1. The second-order valence-electron chi connectivity index (χ2n) is 2.18. The molecule has 0 aromatic rings. The smallest absolute Gasteiger partial charge is 0.219 e. The maximum atomic E-state index is 5.46. The van der Waals surface area contributed by atoms with E-state index in [9.17, 15) is 0 Å². The largest absolute Gasteiger partial charge is 0.340 e. The zero-order valence-corrected chi connectivity index (χ0v) is 5.15. The minimum absolute atomic E-state index is 0.116. The van der Waals surface area contributed by atoms with Gasteiger partial charge in [0.05, 0.1) is 0 Å². The molecule has 8 heavy (non-hydrogen) atoms. The maximum Gasteiger partial charge on any atom is 0.219 e. The number of halogens is 1. The van der Waals surface area contributed by atoms with E-state index in [4.69, 9.17) is 21.1 Å². The SMILES string of the molecule is ClCCC1OC12CO2. The fraction of sp³-hybridized carbons (Fsp3) is 1.00. The van der Waals surface area contributed by atoms with E-state index in [1.807, 2.05) is 0 Å². The van der Waals surface area contributed by atoms with E-state index in [0.29, 0.717) is 12.0 Å². The molecule has 2 aliphatic rings. The van der Waals surface area contributed by atoms with Crippen LogP contribution in [-0.4, -0.2) is 24.4 Å². The quantitative estimate of drug-likeness (QED) is 0.411. The molecule has 0 bridgehead atoms. The van der Waals surface area contributed by atoms with E-state index in [1.165, 1.54) is 0 Å².